The quantitative estimate of drug-likeness (QED) is 0.209. The Morgan fingerprint density at radius 2 is 1.64 bits per heavy atom. The number of esters is 1. The number of non-ortho nitro benzene ring substituents is 1. The van der Waals surface area contributed by atoms with Crippen molar-refractivity contribution in [3.05, 3.63) is 93.5 Å². The molecular formula is C29H31N3O7. The van der Waals surface area contributed by atoms with Gasteiger partial charge in [-0.2, -0.15) is 0 Å². The van der Waals surface area contributed by atoms with E-state index >= 15 is 0 Å². The largest absolute Gasteiger partial charge is 0.493 e. The van der Waals surface area contributed by atoms with Crippen LogP contribution in [0.15, 0.2) is 66.7 Å². The van der Waals surface area contributed by atoms with E-state index in [0.717, 1.165) is 18.4 Å². The van der Waals surface area contributed by atoms with Crippen molar-refractivity contribution in [2.45, 2.75) is 44.4 Å². The van der Waals surface area contributed by atoms with Crippen LogP contribution >= 0.6 is 0 Å². The predicted octanol–water partition coefficient (Wildman–Crippen LogP) is 5.12. The number of hydrogen-bond donors (Lipinski definition) is 2. The van der Waals surface area contributed by atoms with Crippen LogP contribution in [0.25, 0.3) is 0 Å². The van der Waals surface area contributed by atoms with Gasteiger partial charge in [0.05, 0.1) is 30.3 Å². The Bertz CT molecular complexity index is 1320. The third-order valence-corrected chi connectivity index (χ3v) is 6.68. The number of anilines is 1. The molecule has 0 radical (unpaired) electrons. The van der Waals surface area contributed by atoms with Gasteiger partial charge in [0, 0.05) is 30.4 Å². The molecule has 0 bridgehead atoms. The summed E-state index contributed by atoms with van der Waals surface area (Å²) in [7, 11) is 3.07. The maximum atomic E-state index is 13.2. The van der Waals surface area contributed by atoms with Crippen LogP contribution < -0.4 is 20.1 Å². The summed E-state index contributed by atoms with van der Waals surface area (Å²) in [5.41, 5.74) is 1.82. The molecule has 10 heteroatoms. The number of carbonyl (C=O) groups excluding carboxylic acids is 2. The van der Waals surface area contributed by atoms with Crippen LogP contribution in [-0.4, -0.2) is 43.2 Å². The highest BCUT2D eigenvalue weighted by molar-refractivity contribution is 6.00. The Hall–Kier alpha value is -4.60. The average molecular weight is 534 g/mol. The molecule has 3 aromatic rings. The molecule has 1 fully saturated rings. The zero-order chi connectivity index (χ0) is 27.8. The highest BCUT2D eigenvalue weighted by atomic mass is 16.6. The van der Waals surface area contributed by atoms with Crippen LogP contribution in [0.5, 0.6) is 11.5 Å². The van der Waals surface area contributed by atoms with Crippen LogP contribution in [0.4, 0.5) is 11.4 Å². The number of amides is 1. The highest BCUT2D eigenvalue weighted by Gasteiger charge is 2.26. The van der Waals surface area contributed by atoms with Gasteiger partial charge in [-0.3, -0.25) is 14.9 Å². The highest BCUT2D eigenvalue weighted by Crippen LogP contribution is 2.30. The number of benzene rings is 3. The first-order valence-corrected chi connectivity index (χ1v) is 12.7. The van der Waals surface area contributed by atoms with Gasteiger partial charge >= 0.3 is 5.97 Å². The van der Waals surface area contributed by atoms with E-state index in [1.54, 1.807) is 55.6 Å². The minimum atomic E-state index is -0.527. The van der Waals surface area contributed by atoms with Gasteiger partial charge in [0.2, 0.25) is 0 Å². The summed E-state index contributed by atoms with van der Waals surface area (Å²) < 4.78 is 16.2. The summed E-state index contributed by atoms with van der Waals surface area (Å²) in [4.78, 5) is 36.4. The molecule has 204 valence electrons. The number of nitro benzene ring substituents is 1. The number of ether oxygens (including phenoxy) is 3. The predicted molar refractivity (Wildman–Crippen MR) is 145 cm³/mol. The van der Waals surface area contributed by atoms with E-state index in [1.807, 2.05) is 6.07 Å². The van der Waals surface area contributed by atoms with E-state index in [-0.39, 0.29) is 35.9 Å². The van der Waals surface area contributed by atoms with E-state index in [1.165, 1.54) is 19.2 Å². The molecule has 1 amide bonds. The smallest absolute Gasteiger partial charge is 0.338 e. The summed E-state index contributed by atoms with van der Waals surface area (Å²) in [5.74, 6) is 0.326. The van der Waals surface area contributed by atoms with Gasteiger partial charge in [0.15, 0.2) is 11.5 Å². The first kappa shape index (κ1) is 27.4. The van der Waals surface area contributed by atoms with Gasteiger partial charge in [-0.05, 0) is 61.6 Å². The number of nitrogens with one attached hydrogen (secondary N) is 2. The van der Waals surface area contributed by atoms with Crippen molar-refractivity contribution in [2.75, 3.05) is 19.5 Å². The van der Waals surface area contributed by atoms with Crippen LogP contribution in [-0.2, 0) is 11.3 Å². The maximum absolute atomic E-state index is 13.2. The standard InChI is InChI=1S/C29H31N3O7/c1-37-26-15-8-19(16-27(26)38-2)18-30-28(33)24-17-22(32(35)36)11-14-25(24)31-21-9-12-23(13-10-21)39-29(34)20-6-4-3-5-7-20/h3-8,11,14-17,21,23,31H,9-10,12-13,18H2,1-2H3,(H,30,33)/t21-,23+. The van der Waals surface area contributed by atoms with Crippen molar-refractivity contribution < 1.29 is 28.7 Å². The van der Waals surface area contributed by atoms with Gasteiger partial charge in [-0.1, -0.05) is 24.3 Å². The van der Waals surface area contributed by atoms with E-state index in [0.29, 0.717) is 35.6 Å². The lowest BCUT2D eigenvalue weighted by Crippen LogP contribution is -2.32. The van der Waals surface area contributed by atoms with Crippen molar-refractivity contribution in [3.63, 3.8) is 0 Å². The Labute approximate surface area is 226 Å². The molecule has 0 aliphatic heterocycles. The van der Waals surface area contributed by atoms with Gasteiger partial charge in [0.1, 0.15) is 6.10 Å². The third kappa shape index (κ3) is 7.04. The molecule has 0 aromatic heterocycles. The van der Waals surface area contributed by atoms with Crippen LogP contribution in [0.1, 0.15) is 52.0 Å². The van der Waals surface area contributed by atoms with Crippen molar-refractivity contribution in [2.24, 2.45) is 0 Å². The second kappa shape index (κ2) is 12.8. The third-order valence-electron chi connectivity index (χ3n) is 6.68. The lowest BCUT2D eigenvalue weighted by Gasteiger charge is -2.30. The van der Waals surface area contributed by atoms with E-state index in [4.69, 9.17) is 14.2 Å². The number of nitro groups is 1. The van der Waals surface area contributed by atoms with Gasteiger partial charge in [-0.25, -0.2) is 4.79 Å². The molecule has 0 atom stereocenters. The molecule has 39 heavy (non-hydrogen) atoms. The van der Waals surface area contributed by atoms with Gasteiger partial charge in [0.25, 0.3) is 11.6 Å². The molecule has 10 nitrogen and oxygen atoms in total. The fourth-order valence-corrected chi connectivity index (χ4v) is 4.57. The van der Waals surface area contributed by atoms with Crippen molar-refractivity contribution in [1.82, 2.24) is 5.32 Å². The second-order valence-corrected chi connectivity index (χ2v) is 9.25. The van der Waals surface area contributed by atoms with Gasteiger partial charge < -0.3 is 24.8 Å². The Balaban J connectivity index is 1.39. The topological polar surface area (TPSA) is 129 Å². The lowest BCUT2D eigenvalue weighted by atomic mass is 9.92. The first-order chi connectivity index (χ1) is 18.9. The molecule has 0 spiro atoms. The summed E-state index contributed by atoms with van der Waals surface area (Å²) in [5, 5.41) is 17.6. The fourth-order valence-electron chi connectivity index (χ4n) is 4.57. The Morgan fingerprint density at radius 1 is 0.923 bits per heavy atom. The van der Waals surface area contributed by atoms with Crippen LogP contribution in [0, 0.1) is 10.1 Å². The van der Waals surface area contributed by atoms with E-state index < -0.39 is 10.8 Å². The molecular weight excluding hydrogens is 502 g/mol. The minimum Gasteiger partial charge on any atom is -0.493 e. The molecule has 1 saturated carbocycles. The molecule has 4 rings (SSSR count). The molecule has 1 aliphatic rings. The zero-order valence-corrected chi connectivity index (χ0v) is 21.8. The summed E-state index contributed by atoms with van der Waals surface area (Å²) in [6.45, 7) is 0.194. The molecule has 1 aliphatic carbocycles. The Kier molecular flexibility index (Phi) is 8.98. The zero-order valence-electron chi connectivity index (χ0n) is 21.8. The second-order valence-electron chi connectivity index (χ2n) is 9.25. The monoisotopic (exact) mass is 533 g/mol. The number of hydrogen-bond acceptors (Lipinski definition) is 8. The number of nitrogens with zero attached hydrogens (tertiary/aromatic N) is 1. The van der Waals surface area contributed by atoms with Crippen molar-refractivity contribution in [3.8, 4) is 11.5 Å². The first-order valence-electron chi connectivity index (χ1n) is 12.7. The normalized spacial score (nSPS) is 16.6. The number of carbonyl (C=O) groups is 2. The lowest BCUT2D eigenvalue weighted by molar-refractivity contribution is -0.384. The van der Waals surface area contributed by atoms with Gasteiger partial charge in [-0.15, -0.1) is 0 Å². The van der Waals surface area contributed by atoms with Crippen LogP contribution in [0.3, 0.4) is 0 Å². The summed E-state index contributed by atoms with van der Waals surface area (Å²) >= 11 is 0. The summed E-state index contributed by atoms with van der Waals surface area (Å²) in [6, 6.07) is 18.4. The minimum absolute atomic E-state index is 0.0236. The maximum Gasteiger partial charge on any atom is 0.338 e. The molecule has 0 heterocycles. The Morgan fingerprint density at radius 3 is 2.31 bits per heavy atom. The molecule has 0 unspecified atom stereocenters. The molecule has 2 N–H and O–H groups in total. The van der Waals surface area contributed by atoms with E-state index in [2.05, 4.69) is 10.6 Å². The number of methoxy groups -OCH3 is 2. The summed E-state index contributed by atoms with van der Waals surface area (Å²) in [6.07, 6.45) is 2.60. The van der Waals surface area contributed by atoms with Crippen molar-refractivity contribution in [1.29, 1.82) is 0 Å². The van der Waals surface area contributed by atoms with E-state index in [9.17, 15) is 19.7 Å². The molecule has 0 saturated heterocycles. The fraction of sp³-hybridized carbons (Fsp3) is 0.310. The SMILES string of the molecule is COc1ccc(CNC(=O)c2cc([N+](=O)[O-])ccc2N[C@H]2CC[C@@H](OC(=O)c3ccccc3)CC2)cc1OC. The molecule has 3 aromatic carbocycles. The number of rotatable bonds is 10. The van der Waals surface area contributed by atoms with Crippen molar-refractivity contribution >= 4 is 23.3 Å². The van der Waals surface area contributed by atoms with Crippen LogP contribution in [0.2, 0.25) is 0 Å². The average Bonchev–Trinajstić information content (AvgIpc) is 2.97.